The first kappa shape index (κ1) is 19.3. The fourth-order valence-electron chi connectivity index (χ4n) is 2.69. The zero-order valence-corrected chi connectivity index (χ0v) is 16.7. The molecule has 0 N–H and O–H groups in total. The van der Waals surface area contributed by atoms with Gasteiger partial charge in [-0.1, -0.05) is 35.1 Å². The zero-order valence-electron chi connectivity index (χ0n) is 15.1. The van der Waals surface area contributed by atoms with Crippen LogP contribution in [0.25, 0.3) is 10.2 Å². The molecule has 0 saturated carbocycles. The van der Waals surface area contributed by atoms with Crippen molar-refractivity contribution in [2.45, 2.75) is 6.54 Å². The summed E-state index contributed by atoms with van der Waals surface area (Å²) in [5.41, 5.74) is 1.36. The van der Waals surface area contributed by atoms with Crippen molar-refractivity contribution in [3.63, 3.8) is 0 Å². The quantitative estimate of drug-likeness (QED) is 0.429. The first-order valence-electron chi connectivity index (χ1n) is 8.74. The van der Waals surface area contributed by atoms with Gasteiger partial charge in [0.1, 0.15) is 17.1 Å². The fourth-order valence-corrected chi connectivity index (χ4v) is 3.97. The summed E-state index contributed by atoms with van der Waals surface area (Å²) in [5, 5.41) is 1.03. The van der Waals surface area contributed by atoms with Gasteiger partial charge in [-0.05, 0) is 48.5 Å². The lowest BCUT2D eigenvalue weighted by molar-refractivity contribution is -0.120. The molecular formula is C21H15ClFN3O2S. The van der Waals surface area contributed by atoms with Crippen molar-refractivity contribution in [2.75, 3.05) is 11.5 Å². The van der Waals surface area contributed by atoms with E-state index in [4.69, 9.17) is 16.3 Å². The van der Waals surface area contributed by atoms with E-state index in [9.17, 15) is 9.18 Å². The Labute approximate surface area is 175 Å². The van der Waals surface area contributed by atoms with Crippen molar-refractivity contribution in [1.82, 2.24) is 9.97 Å². The van der Waals surface area contributed by atoms with E-state index < -0.39 is 0 Å². The summed E-state index contributed by atoms with van der Waals surface area (Å²) >= 11 is 7.61. The van der Waals surface area contributed by atoms with Crippen LogP contribution in [0, 0.1) is 5.82 Å². The first-order chi connectivity index (χ1) is 14.1. The van der Waals surface area contributed by atoms with Crippen molar-refractivity contribution in [2.24, 2.45) is 0 Å². The van der Waals surface area contributed by atoms with Gasteiger partial charge >= 0.3 is 0 Å². The number of rotatable bonds is 6. The number of fused-ring (bicyclic) bond motifs is 1. The molecular weight excluding hydrogens is 413 g/mol. The summed E-state index contributed by atoms with van der Waals surface area (Å²) in [4.78, 5) is 23.4. The van der Waals surface area contributed by atoms with Gasteiger partial charge < -0.3 is 4.74 Å². The number of ether oxygens (including phenoxy) is 1. The number of pyridine rings is 1. The van der Waals surface area contributed by atoms with Gasteiger partial charge in [0, 0.05) is 6.20 Å². The molecule has 0 bridgehead atoms. The highest BCUT2D eigenvalue weighted by atomic mass is 35.5. The number of aromatic nitrogens is 2. The molecule has 0 spiro atoms. The van der Waals surface area contributed by atoms with Crippen molar-refractivity contribution in [3.05, 3.63) is 83.4 Å². The highest BCUT2D eigenvalue weighted by molar-refractivity contribution is 7.22. The van der Waals surface area contributed by atoms with Gasteiger partial charge in [0.25, 0.3) is 5.91 Å². The van der Waals surface area contributed by atoms with E-state index in [1.807, 2.05) is 30.3 Å². The van der Waals surface area contributed by atoms with E-state index in [-0.39, 0.29) is 24.9 Å². The Kier molecular flexibility index (Phi) is 5.69. The number of anilines is 1. The van der Waals surface area contributed by atoms with E-state index >= 15 is 0 Å². The second kappa shape index (κ2) is 8.55. The Bertz CT molecular complexity index is 1140. The molecule has 0 unspecified atom stereocenters. The lowest BCUT2D eigenvalue weighted by atomic mass is 10.3. The van der Waals surface area contributed by atoms with Gasteiger partial charge in [-0.25, -0.2) is 9.37 Å². The van der Waals surface area contributed by atoms with Crippen LogP contribution in [0.1, 0.15) is 5.69 Å². The molecule has 146 valence electrons. The Morgan fingerprint density at radius 2 is 1.93 bits per heavy atom. The normalized spacial score (nSPS) is 10.8. The maximum Gasteiger partial charge on any atom is 0.267 e. The molecule has 2 heterocycles. The number of benzene rings is 2. The molecule has 4 aromatic rings. The van der Waals surface area contributed by atoms with Gasteiger partial charge in [0.05, 0.1) is 22.0 Å². The van der Waals surface area contributed by atoms with Crippen LogP contribution in [0.4, 0.5) is 9.52 Å². The van der Waals surface area contributed by atoms with Crippen LogP contribution in [0.5, 0.6) is 5.75 Å². The number of thiazole rings is 1. The molecule has 0 saturated heterocycles. The van der Waals surface area contributed by atoms with Crippen molar-refractivity contribution in [3.8, 4) is 5.75 Å². The minimum atomic E-state index is -0.369. The van der Waals surface area contributed by atoms with E-state index in [1.54, 1.807) is 12.3 Å². The number of carbonyl (C=O) groups is 1. The molecule has 1 amide bonds. The number of nitrogens with zero attached hydrogens (tertiary/aromatic N) is 3. The first-order valence-corrected chi connectivity index (χ1v) is 9.93. The summed E-state index contributed by atoms with van der Waals surface area (Å²) in [6.45, 7) is 0.0199. The number of amides is 1. The molecule has 0 radical (unpaired) electrons. The van der Waals surface area contributed by atoms with Crippen LogP contribution in [0.2, 0.25) is 5.02 Å². The fraction of sp³-hybridized carbons (Fsp3) is 0.0952. The minimum Gasteiger partial charge on any atom is -0.484 e. The Hall–Kier alpha value is -3.03. The summed E-state index contributed by atoms with van der Waals surface area (Å²) in [6, 6.07) is 16.5. The van der Waals surface area contributed by atoms with Crippen molar-refractivity contribution in [1.29, 1.82) is 0 Å². The summed E-state index contributed by atoms with van der Waals surface area (Å²) in [7, 11) is 0. The van der Waals surface area contributed by atoms with E-state index in [1.165, 1.54) is 40.5 Å². The Balaban J connectivity index is 1.60. The van der Waals surface area contributed by atoms with Crippen LogP contribution in [0.3, 0.4) is 0 Å². The van der Waals surface area contributed by atoms with Crippen LogP contribution in [-0.4, -0.2) is 22.5 Å². The van der Waals surface area contributed by atoms with E-state index in [0.717, 1.165) is 4.70 Å². The largest absolute Gasteiger partial charge is 0.484 e. The summed E-state index contributed by atoms with van der Waals surface area (Å²) < 4.78 is 19.5. The standard InChI is InChI=1S/C21H15ClFN3O2S/c22-17-5-3-6-18-20(17)25-21(29-18)26(12-15-4-1-2-11-24-15)19(27)13-28-16-9-7-14(23)8-10-16/h1-11H,12-13H2. The number of para-hydroxylation sites is 1. The van der Waals surface area contributed by atoms with Crippen LogP contribution in [0.15, 0.2) is 66.9 Å². The van der Waals surface area contributed by atoms with Crippen LogP contribution < -0.4 is 9.64 Å². The molecule has 5 nitrogen and oxygen atoms in total. The third-order valence-electron chi connectivity index (χ3n) is 4.11. The topological polar surface area (TPSA) is 55.3 Å². The van der Waals surface area contributed by atoms with Gasteiger partial charge in [-0.2, -0.15) is 0 Å². The minimum absolute atomic E-state index is 0.220. The predicted octanol–water partition coefficient (Wildman–Crippen LogP) is 5.10. The molecule has 29 heavy (non-hydrogen) atoms. The Morgan fingerprint density at radius 3 is 2.66 bits per heavy atom. The summed E-state index contributed by atoms with van der Waals surface area (Å²) in [6.07, 6.45) is 1.67. The number of carbonyl (C=O) groups excluding carboxylic acids is 1. The van der Waals surface area contributed by atoms with Crippen molar-refractivity contribution >= 4 is 44.2 Å². The SMILES string of the molecule is O=C(COc1ccc(F)cc1)N(Cc1ccccn1)c1nc2c(Cl)cccc2s1. The Morgan fingerprint density at radius 1 is 1.10 bits per heavy atom. The molecule has 0 aliphatic rings. The highest BCUT2D eigenvalue weighted by Crippen LogP contribution is 2.33. The predicted molar refractivity (Wildman–Crippen MR) is 112 cm³/mol. The maximum atomic E-state index is 13.1. The monoisotopic (exact) mass is 427 g/mol. The smallest absolute Gasteiger partial charge is 0.267 e. The lowest BCUT2D eigenvalue weighted by Crippen LogP contribution is -2.34. The number of hydrogen-bond donors (Lipinski definition) is 0. The van der Waals surface area contributed by atoms with E-state index in [0.29, 0.717) is 27.1 Å². The molecule has 2 aromatic heterocycles. The molecule has 4 rings (SSSR count). The van der Waals surface area contributed by atoms with Gasteiger partial charge in [-0.3, -0.25) is 14.7 Å². The molecule has 2 aromatic carbocycles. The molecule has 0 atom stereocenters. The highest BCUT2D eigenvalue weighted by Gasteiger charge is 2.22. The average Bonchev–Trinajstić information content (AvgIpc) is 3.17. The average molecular weight is 428 g/mol. The van der Waals surface area contributed by atoms with Gasteiger partial charge in [0.2, 0.25) is 0 Å². The van der Waals surface area contributed by atoms with Gasteiger partial charge in [0.15, 0.2) is 11.7 Å². The molecule has 0 aliphatic heterocycles. The molecule has 0 aliphatic carbocycles. The van der Waals surface area contributed by atoms with Crippen molar-refractivity contribution < 1.29 is 13.9 Å². The van der Waals surface area contributed by atoms with E-state index in [2.05, 4.69) is 9.97 Å². The lowest BCUT2D eigenvalue weighted by Gasteiger charge is -2.19. The molecule has 8 heteroatoms. The second-order valence-electron chi connectivity index (χ2n) is 6.13. The zero-order chi connectivity index (χ0) is 20.2. The third kappa shape index (κ3) is 4.52. The second-order valence-corrected chi connectivity index (χ2v) is 7.54. The number of halogens is 2. The van der Waals surface area contributed by atoms with Crippen LogP contribution in [-0.2, 0) is 11.3 Å². The summed E-state index contributed by atoms with van der Waals surface area (Å²) in [5.74, 6) is -0.258. The maximum absolute atomic E-state index is 13.1. The molecule has 0 fully saturated rings. The third-order valence-corrected chi connectivity index (χ3v) is 5.46. The van der Waals surface area contributed by atoms with Crippen LogP contribution >= 0.6 is 22.9 Å². The number of hydrogen-bond acceptors (Lipinski definition) is 5. The van der Waals surface area contributed by atoms with Gasteiger partial charge in [-0.15, -0.1) is 0 Å².